The van der Waals surface area contributed by atoms with Crippen molar-refractivity contribution in [2.75, 3.05) is 19.6 Å². The molecule has 1 saturated carbocycles. The van der Waals surface area contributed by atoms with Gasteiger partial charge in [0.2, 0.25) is 0 Å². The number of benzene rings is 1. The molecule has 0 aromatic heterocycles. The normalized spacial score (nSPS) is 26.0. The van der Waals surface area contributed by atoms with E-state index in [1.807, 2.05) is 12.1 Å². The molecular weight excluding hydrogens is 276 g/mol. The molecule has 2 aliphatic rings. The number of aromatic carboxylic acids is 1. The second-order valence-corrected chi connectivity index (χ2v) is 6.95. The molecule has 120 valence electrons. The first-order valence-electron chi connectivity index (χ1n) is 8.40. The molecule has 2 fully saturated rings. The van der Waals surface area contributed by atoms with Crippen molar-refractivity contribution in [2.45, 2.75) is 38.8 Å². The first-order chi connectivity index (χ1) is 10.6. The van der Waals surface area contributed by atoms with Crippen molar-refractivity contribution in [3.05, 3.63) is 35.4 Å². The Morgan fingerprint density at radius 1 is 1.27 bits per heavy atom. The lowest BCUT2D eigenvalue weighted by Crippen LogP contribution is -2.37. The number of carboxylic acids is 1. The largest absolute Gasteiger partial charge is 0.478 e. The lowest BCUT2D eigenvalue weighted by atomic mass is 9.96. The number of likely N-dealkylation sites (tertiary alicyclic amines) is 1. The van der Waals surface area contributed by atoms with Gasteiger partial charge in [0, 0.05) is 12.6 Å². The van der Waals surface area contributed by atoms with Gasteiger partial charge in [-0.15, -0.1) is 0 Å². The van der Waals surface area contributed by atoms with Crippen LogP contribution in [0.5, 0.6) is 0 Å². The summed E-state index contributed by atoms with van der Waals surface area (Å²) in [6.45, 7) is 6.71. The summed E-state index contributed by atoms with van der Waals surface area (Å²) < 4.78 is 0. The number of piperidine rings is 1. The molecule has 2 N–H and O–H groups in total. The fourth-order valence-corrected chi connectivity index (χ4v) is 3.28. The number of hydrogen-bond acceptors (Lipinski definition) is 3. The third-order valence-electron chi connectivity index (χ3n) is 5.09. The number of hydrogen-bond donors (Lipinski definition) is 2. The minimum Gasteiger partial charge on any atom is -0.478 e. The van der Waals surface area contributed by atoms with E-state index in [0.717, 1.165) is 37.5 Å². The molecule has 0 unspecified atom stereocenters. The lowest BCUT2D eigenvalue weighted by Gasteiger charge is -2.32. The molecule has 0 radical (unpaired) electrons. The Morgan fingerprint density at radius 2 is 1.91 bits per heavy atom. The molecule has 1 heterocycles. The standard InChI is InChI=1S/C18H26N2O2/c1-13-10-17(13)19-11-14-6-8-20(9-7-14)12-15-2-4-16(5-3-15)18(21)22/h2-5,13-14,17,19H,6-12H2,1H3,(H,21,22)/t13-,17-/m1/s1. The van der Waals surface area contributed by atoms with Gasteiger partial charge in [-0.2, -0.15) is 0 Å². The summed E-state index contributed by atoms with van der Waals surface area (Å²) in [5.74, 6) is 0.845. The van der Waals surface area contributed by atoms with E-state index in [1.54, 1.807) is 12.1 Å². The highest BCUT2D eigenvalue weighted by Gasteiger charge is 2.32. The average molecular weight is 302 g/mol. The predicted molar refractivity (Wildman–Crippen MR) is 87.0 cm³/mol. The summed E-state index contributed by atoms with van der Waals surface area (Å²) in [5.41, 5.74) is 1.57. The minimum absolute atomic E-state index is 0.364. The molecule has 3 rings (SSSR count). The molecule has 0 spiro atoms. The van der Waals surface area contributed by atoms with E-state index in [4.69, 9.17) is 5.11 Å². The maximum absolute atomic E-state index is 10.9. The van der Waals surface area contributed by atoms with E-state index in [0.29, 0.717) is 5.56 Å². The van der Waals surface area contributed by atoms with Crippen LogP contribution in [0.3, 0.4) is 0 Å². The van der Waals surface area contributed by atoms with E-state index in [-0.39, 0.29) is 0 Å². The molecule has 0 amide bonds. The van der Waals surface area contributed by atoms with Crippen LogP contribution >= 0.6 is 0 Å². The van der Waals surface area contributed by atoms with Crippen LogP contribution in [0, 0.1) is 11.8 Å². The molecule has 4 heteroatoms. The average Bonchev–Trinajstić information content (AvgIpc) is 3.23. The monoisotopic (exact) mass is 302 g/mol. The zero-order chi connectivity index (χ0) is 15.5. The van der Waals surface area contributed by atoms with E-state index in [1.165, 1.54) is 31.4 Å². The van der Waals surface area contributed by atoms with Gasteiger partial charge in [0.15, 0.2) is 0 Å². The number of nitrogens with zero attached hydrogens (tertiary/aromatic N) is 1. The summed E-state index contributed by atoms with van der Waals surface area (Å²) >= 11 is 0. The Bertz CT molecular complexity index is 506. The summed E-state index contributed by atoms with van der Waals surface area (Å²) in [7, 11) is 0. The van der Waals surface area contributed by atoms with Crippen molar-refractivity contribution in [3.8, 4) is 0 Å². The molecule has 2 atom stereocenters. The van der Waals surface area contributed by atoms with Gasteiger partial charge < -0.3 is 10.4 Å². The highest BCUT2D eigenvalue weighted by Crippen LogP contribution is 2.29. The van der Waals surface area contributed by atoms with Gasteiger partial charge in [-0.25, -0.2) is 4.79 Å². The second kappa shape index (κ2) is 6.80. The van der Waals surface area contributed by atoms with Gasteiger partial charge in [0.25, 0.3) is 0 Å². The zero-order valence-corrected chi connectivity index (χ0v) is 13.3. The summed E-state index contributed by atoms with van der Waals surface area (Å²) in [6.07, 6.45) is 3.88. The van der Waals surface area contributed by atoms with Gasteiger partial charge in [0.05, 0.1) is 5.56 Å². The summed E-state index contributed by atoms with van der Waals surface area (Å²) in [6, 6.07) is 8.05. The maximum Gasteiger partial charge on any atom is 0.335 e. The van der Waals surface area contributed by atoms with E-state index in [2.05, 4.69) is 17.1 Å². The second-order valence-electron chi connectivity index (χ2n) is 6.95. The van der Waals surface area contributed by atoms with Crippen LogP contribution in [0.2, 0.25) is 0 Å². The van der Waals surface area contributed by atoms with Crippen LogP contribution in [0.4, 0.5) is 0 Å². The van der Waals surface area contributed by atoms with Gasteiger partial charge in [-0.05, 0) is 68.4 Å². The SMILES string of the molecule is C[C@@H]1C[C@H]1NCC1CCN(Cc2ccc(C(=O)O)cc2)CC1. The Kier molecular flexibility index (Phi) is 4.79. The molecule has 1 saturated heterocycles. The third-order valence-corrected chi connectivity index (χ3v) is 5.09. The number of rotatable bonds is 6. The third kappa shape index (κ3) is 4.08. The molecule has 4 nitrogen and oxygen atoms in total. The predicted octanol–water partition coefficient (Wildman–Crippen LogP) is 2.59. The number of carbonyl (C=O) groups is 1. The van der Waals surface area contributed by atoms with E-state index < -0.39 is 5.97 Å². The van der Waals surface area contributed by atoms with E-state index in [9.17, 15) is 4.79 Å². The molecule has 1 aliphatic heterocycles. The highest BCUT2D eigenvalue weighted by molar-refractivity contribution is 5.87. The van der Waals surface area contributed by atoms with Crippen LogP contribution in [0.15, 0.2) is 24.3 Å². The van der Waals surface area contributed by atoms with Crippen molar-refractivity contribution in [1.82, 2.24) is 10.2 Å². The Morgan fingerprint density at radius 3 is 2.45 bits per heavy atom. The van der Waals surface area contributed by atoms with Crippen molar-refractivity contribution < 1.29 is 9.90 Å². The van der Waals surface area contributed by atoms with E-state index >= 15 is 0 Å². The van der Waals surface area contributed by atoms with Gasteiger partial charge in [-0.3, -0.25) is 4.90 Å². The van der Waals surface area contributed by atoms with Crippen LogP contribution in [-0.2, 0) is 6.54 Å². The number of carboxylic acid groups (broad SMARTS) is 1. The first-order valence-corrected chi connectivity index (χ1v) is 8.40. The summed E-state index contributed by atoms with van der Waals surface area (Å²) in [5, 5.41) is 12.6. The van der Waals surface area contributed by atoms with Gasteiger partial charge >= 0.3 is 5.97 Å². The topological polar surface area (TPSA) is 52.6 Å². The van der Waals surface area contributed by atoms with Crippen LogP contribution in [0.1, 0.15) is 42.1 Å². The molecular formula is C18H26N2O2. The molecule has 1 aliphatic carbocycles. The fourth-order valence-electron chi connectivity index (χ4n) is 3.28. The zero-order valence-electron chi connectivity index (χ0n) is 13.3. The van der Waals surface area contributed by atoms with Crippen molar-refractivity contribution in [3.63, 3.8) is 0 Å². The van der Waals surface area contributed by atoms with Crippen LogP contribution in [0.25, 0.3) is 0 Å². The Hall–Kier alpha value is -1.39. The number of nitrogens with one attached hydrogen (secondary N) is 1. The molecule has 0 bridgehead atoms. The van der Waals surface area contributed by atoms with Gasteiger partial charge in [0.1, 0.15) is 0 Å². The van der Waals surface area contributed by atoms with Gasteiger partial charge in [-0.1, -0.05) is 19.1 Å². The van der Waals surface area contributed by atoms with Crippen molar-refractivity contribution >= 4 is 5.97 Å². The maximum atomic E-state index is 10.9. The smallest absolute Gasteiger partial charge is 0.335 e. The molecule has 1 aromatic carbocycles. The Balaban J connectivity index is 1.40. The van der Waals surface area contributed by atoms with Crippen molar-refractivity contribution in [1.29, 1.82) is 0 Å². The minimum atomic E-state index is -0.857. The van der Waals surface area contributed by atoms with Crippen molar-refractivity contribution in [2.24, 2.45) is 11.8 Å². The molecule has 1 aromatic rings. The van der Waals surface area contributed by atoms with Crippen LogP contribution < -0.4 is 5.32 Å². The highest BCUT2D eigenvalue weighted by atomic mass is 16.4. The first kappa shape index (κ1) is 15.5. The van der Waals surface area contributed by atoms with Crippen LogP contribution in [-0.4, -0.2) is 41.7 Å². The lowest BCUT2D eigenvalue weighted by molar-refractivity contribution is 0.0697. The quantitative estimate of drug-likeness (QED) is 0.848. The Labute approximate surface area is 132 Å². The fraction of sp³-hybridized carbons (Fsp3) is 0.611. The molecule has 22 heavy (non-hydrogen) atoms. The summed E-state index contributed by atoms with van der Waals surface area (Å²) in [4.78, 5) is 13.3.